The Morgan fingerprint density at radius 1 is 0.875 bits per heavy atom. The SMILES string of the molecule is CCC(C)C(N)C(=O)NC(CCCCN)C(=O)NC(Cc1ccccc1)C(=O)NC(CCCN=C(N)N)C(=O)O. The average Bonchev–Trinajstić information content (AvgIpc) is 2.92. The lowest BCUT2D eigenvalue weighted by Crippen LogP contribution is -2.58. The third kappa shape index (κ3) is 12.9. The highest BCUT2D eigenvalue weighted by Gasteiger charge is 2.31. The van der Waals surface area contributed by atoms with E-state index < -0.39 is 47.9 Å². The number of nitrogens with two attached hydrogens (primary N) is 4. The van der Waals surface area contributed by atoms with Gasteiger partial charge < -0.3 is 44.0 Å². The Balaban J connectivity index is 3.11. The predicted molar refractivity (Wildman–Crippen MR) is 154 cm³/mol. The van der Waals surface area contributed by atoms with E-state index in [1.807, 2.05) is 19.9 Å². The van der Waals surface area contributed by atoms with Gasteiger partial charge in [0.25, 0.3) is 0 Å². The lowest BCUT2D eigenvalue weighted by molar-refractivity contribution is -0.142. The standard InChI is InChI=1S/C27H46N8O5/c1-3-17(2)22(29)25(38)33-19(12-7-8-14-28)23(36)35-21(16-18-10-5-4-6-11-18)24(37)34-20(26(39)40)13-9-15-32-27(30)31/h4-6,10-11,17,19-22H,3,7-9,12-16,28-29H2,1-2H3,(H,33,38)(H,34,37)(H,35,36)(H,39,40)(H4,30,31,32). The minimum atomic E-state index is -1.23. The largest absolute Gasteiger partial charge is 0.480 e. The maximum Gasteiger partial charge on any atom is 0.326 e. The van der Waals surface area contributed by atoms with Crippen LogP contribution in [0.15, 0.2) is 35.3 Å². The van der Waals surface area contributed by atoms with Gasteiger partial charge in [0.05, 0.1) is 6.04 Å². The van der Waals surface area contributed by atoms with E-state index in [0.717, 1.165) is 5.56 Å². The molecule has 5 unspecified atom stereocenters. The van der Waals surface area contributed by atoms with E-state index in [4.69, 9.17) is 22.9 Å². The quantitative estimate of drug-likeness (QED) is 0.0604. The summed E-state index contributed by atoms with van der Waals surface area (Å²) in [6.07, 6.45) is 2.70. The molecule has 0 aliphatic rings. The van der Waals surface area contributed by atoms with Crippen LogP contribution in [0.4, 0.5) is 0 Å². The fraction of sp³-hybridized carbons (Fsp3) is 0.593. The van der Waals surface area contributed by atoms with E-state index in [1.54, 1.807) is 24.3 Å². The van der Waals surface area contributed by atoms with Gasteiger partial charge in [-0.15, -0.1) is 0 Å². The van der Waals surface area contributed by atoms with Crippen molar-refractivity contribution in [2.24, 2.45) is 33.8 Å². The zero-order valence-corrected chi connectivity index (χ0v) is 23.5. The summed E-state index contributed by atoms with van der Waals surface area (Å²) >= 11 is 0. The van der Waals surface area contributed by atoms with Crippen LogP contribution >= 0.6 is 0 Å². The van der Waals surface area contributed by atoms with Crippen LogP contribution in [0.2, 0.25) is 0 Å². The highest BCUT2D eigenvalue weighted by Crippen LogP contribution is 2.10. The van der Waals surface area contributed by atoms with Crippen molar-refractivity contribution in [3.63, 3.8) is 0 Å². The molecule has 1 aromatic carbocycles. The van der Waals surface area contributed by atoms with E-state index >= 15 is 0 Å². The van der Waals surface area contributed by atoms with E-state index in [9.17, 15) is 24.3 Å². The minimum Gasteiger partial charge on any atom is -0.480 e. The molecule has 0 radical (unpaired) electrons. The summed E-state index contributed by atoms with van der Waals surface area (Å²) in [4.78, 5) is 55.1. The Kier molecular flexibility index (Phi) is 15.9. The molecule has 3 amide bonds. The van der Waals surface area contributed by atoms with Crippen molar-refractivity contribution >= 4 is 29.7 Å². The van der Waals surface area contributed by atoms with Gasteiger partial charge in [0.15, 0.2) is 5.96 Å². The number of aliphatic carboxylic acids is 1. The number of carbonyl (C=O) groups excluding carboxylic acids is 3. The molecule has 40 heavy (non-hydrogen) atoms. The summed E-state index contributed by atoms with van der Waals surface area (Å²) in [5.74, 6) is -3.14. The van der Waals surface area contributed by atoms with Crippen molar-refractivity contribution in [1.82, 2.24) is 16.0 Å². The molecular weight excluding hydrogens is 516 g/mol. The van der Waals surface area contributed by atoms with E-state index in [-0.39, 0.29) is 31.3 Å². The van der Waals surface area contributed by atoms with Crippen LogP contribution in [0.5, 0.6) is 0 Å². The highest BCUT2D eigenvalue weighted by molar-refractivity contribution is 5.94. The van der Waals surface area contributed by atoms with Crippen LogP contribution in [0, 0.1) is 5.92 Å². The van der Waals surface area contributed by atoms with Gasteiger partial charge in [-0.1, -0.05) is 50.6 Å². The molecule has 224 valence electrons. The molecule has 0 fully saturated rings. The second kappa shape index (κ2) is 18.6. The first-order valence-corrected chi connectivity index (χ1v) is 13.7. The molecule has 0 saturated heterocycles. The number of guanidine groups is 1. The summed E-state index contributed by atoms with van der Waals surface area (Å²) in [5, 5.41) is 17.6. The smallest absolute Gasteiger partial charge is 0.326 e. The number of carbonyl (C=O) groups is 4. The Bertz CT molecular complexity index is 971. The van der Waals surface area contributed by atoms with Crippen molar-refractivity contribution in [3.05, 3.63) is 35.9 Å². The van der Waals surface area contributed by atoms with E-state index in [0.29, 0.717) is 38.6 Å². The molecule has 0 aliphatic carbocycles. The zero-order valence-electron chi connectivity index (χ0n) is 23.5. The van der Waals surface area contributed by atoms with Gasteiger partial charge in [0.1, 0.15) is 18.1 Å². The number of amides is 3. The Morgan fingerprint density at radius 3 is 2.02 bits per heavy atom. The molecule has 0 aliphatic heterocycles. The van der Waals surface area contributed by atoms with Gasteiger partial charge in [-0.05, 0) is 50.1 Å². The number of carboxylic acid groups (broad SMARTS) is 1. The van der Waals surface area contributed by atoms with Crippen molar-refractivity contribution in [3.8, 4) is 0 Å². The molecule has 13 nitrogen and oxygen atoms in total. The number of aliphatic imine (C=N–C) groups is 1. The highest BCUT2D eigenvalue weighted by atomic mass is 16.4. The molecular formula is C27H46N8O5. The second-order valence-corrected chi connectivity index (χ2v) is 9.86. The summed E-state index contributed by atoms with van der Waals surface area (Å²) in [7, 11) is 0. The predicted octanol–water partition coefficient (Wildman–Crippen LogP) is -0.676. The Morgan fingerprint density at radius 2 is 1.45 bits per heavy atom. The molecule has 0 heterocycles. The molecule has 0 spiro atoms. The first kappa shape index (κ1) is 34.3. The molecule has 5 atom stereocenters. The fourth-order valence-electron chi connectivity index (χ4n) is 3.91. The van der Waals surface area contributed by atoms with Gasteiger partial charge in [0, 0.05) is 13.0 Å². The third-order valence-electron chi connectivity index (χ3n) is 6.62. The number of unbranched alkanes of at least 4 members (excludes halogenated alkanes) is 1. The molecule has 0 bridgehead atoms. The molecule has 1 rings (SSSR count). The molecule has 12 N–H and O–H groups in total. The minimum absolute atomic E-state index is 0.0785. The van der Waals surface area contributed by atoms with Crippen molar-refractivity contribution in [2.45, 2.75) is 83.0 Å². The first-order chi connectivity index (χ1) is 19.0. The van der Waals surface area contributed by atoms with Crippen molar-refractivity contribution in [1.29, 1.82) is 0 Å². The van der Waals surface area contributed by atoms with Crippen LogP contribution < -0.4 is 38.9 Å². The van der Waals surface area contributed by atoms with Gasteiger partial charge in [-0.25, -0.2) is 4.79 Å². The van der Waals surface area contributed by atoms with Crippen LogP contribution in [0.25, 0.3) is 0 Å². The van der Waals surface area contributed by atoms with E-state index in [1.165, 1.54) is 0 Å². The van der Waals surface area contributed by atoms with Crippen LogP contribution in [0.3, 0.4) is 0 Å². The number of hydrogen-bond donors (Lipinski definition) is 8. The van der Waals surface area contributed by atoms with Crippen molar-refractivity contribution < 1.29 is 24.3 Å². The number of nitrogens with one attached hydrogen (secondary N) is 3. The lowest BCUT2D eigenvalue weighted by Gasteiger charge is -2.26. The van der Waals surface area contributed by atoms with Gasteiger partial charge in [-0.2, -0.15) is 0 Å². The third-order valence-corrected chi connectivity index (χ3v) is 6.62. The monoisotopic (exact) mass is 562 g/mol. The second-order valence-electron chi connectivity index (χ2n) is 9.86. The Hall–Kier alpha value is -3.71. The number of benzene rings is 1. The maximum absolute atomic E-state index is 13.4. The fourth-order valence-corrected chi connectivity index (χ4v) is 3.91. The molecule has 1 aromatic rings. The lowest BCUT2D eigenvalue weighted by atomic mass is 9.98. The number of nitrogens with zero attached hydrogens (tertiary/aromatic N) is 1. The summed E-state index contributed by atoms with van der Waals surface area (Å²) < 4.78 is 0. The molecule has 13 heteroatoms. The maximum atomic E-state index is 13.4. The summed E-state index contributed by atoms with van der Waals surface area (Å²) in [5.41, 5.74) is 23.0. The zero-order chi connectivity index (χ0) is 30.1. The van der Waals surface area contributed by atoms with Gasteiger partial charge >= 0.3 is 5.97 Å². The number of hydrogen-bond acceptors (Lipinski definition) is 7. The number of carboxylic acids is 1. The van der Waals surface area contributed by atoms with Crippen LogP contribution in [-0.2, 0) is 25.6 Å². The normalized spacial score (nSPS) is 14.6. The molecule has 0 saturated carbocycles. The van der Waals surface area contributed by atoms with Crippen LogP contribution in [-0.4, -0.2) is 72.0 Å². The number of rotatable bonds is 19. The van der Waals surface area contributed by atoms with Gasteiger partial charge in [0.2, 0.25) is 17.7 Å². The molecule has 0 aromatic heterocycles. The van der Waals surface area contributed by atoms with Crippen LogP contribution in [0.1, 0.15) is 57.9 Å². The first-order valence-electron chi connectivity index (χ1n) is 13.7. The summed E-state index contributed by atoms with van der Waals surface area (Å²) in [6, 6.07) is 4.92. The Labute approximate surface area is 235 Å². The summed E-state index contributed by atoms with van der Waals surface area (Å²) in [6.45, 7) is 4.40. The van der Waals surface area contributed by atoms with E-state index in [2.05, 4.69) is 20.9 Å². The topological polar surface area (TPSA) is 241 Å². The van der Waals surface area contributed by atoms with Crippen molar-refractivity contribution in [2.75, 3.05) is 13.1 Å². The average molecular weight is 563 g/mol. The van der Waals surface area contributed by atoms with Gasteiger partial charge in [-0.3, -0.25) is 19.4 Å².